The largest absolute Gasteiger partial charge is 0.339 e. The van der Waals surface area contributed by atoms with Crippen molar-refractivity contribution in [3.63, 3.8) is 0 Å². The molecule has 0 spiro atoms. The molecule has 1 fully saturated rings. The summed E-state index contributed by atoms with van der Waals surface area (Å²) >= 11 is 0. The fourth-order valence-electron chi connectivity index (χ4n) is 3.52. The van der Waals surface area contributed by atoms with Crippen molar-refractivity contribution in [2.45, 2.75) is 25.7 Å². The third-order valence-electron chi connectivity index (χ3n) is 4.50. The quantitative estimate of drug-likeness (QED) is 0.762. The molecule has 2 nitrogen and oxygen atoms in total. The van der Waals surface area contributed by atoms with Gasteiger partial charge in [0.15, 0.2) is 0 Å². The lowest BCUT2D eigenvalue weighted by Gasteiger charge is -2.17. The van der Waals surface area contributed by atoms with Crippen LogP contribution in [0.3, 0.4) is 0 Å². The molecule has 1 amide bonds. The second-order valence-electron chi connectivity index (χ2n) is 5.61. The lowest BCUT2D eigenvalue weighted by atomic mass is 9.99. The van der Waals surface area contributed by atoms with Crippen LogP contribution < -0.4 is 0 Å². The van der Waals surface area contributed by atoms with Gasteiger partial charge in [-0.2, -0.15) is 0 Å². The van der Waals surface area contributed by atoms with Gasteiger partial charge in [-0.05, 0) is 53.6 Å². The summed E-state index contributed by atoms with van der Waals surface area (Å²) in [6.07, 6.45) is 4.53. The molecule has 0 atom stereocenters. The number of amides is 1. The van der Waals surface area contributed by atoms with Crippen LogP contribution in [0, 0.1) is 0 Å². The molecule has 2 heteroatoms. The highest BCUT2D eigenvalue weighted by Gasteiger charge is 2.23. The van der Waals surface area contributed by atoms with Crippen molar-refractivity contribution in [1.82, 2.24) is 4.90 Å². The van der Waals surface area contributed by atoms with Crippen LogP contribution in [0.25, 0.3) is 10.8 Å². The molecule has 0 saturated carbocycles. The molecule has 0 radical (unpaired) electrons. The maximum absolute atomic E-state index is 12.6. The fraction of sp³-hybridized carbons (Fsp3) is 0.353. The minimum atomic E-state index is 0.216. The number of benzene rings is 2. The molecule has 0 bridgehead atoms. The Morgan fingerprint density at radius 2 is 1.68 bits per heavy atom. The molecule has 1 saturated heterocycles. The second kappa shape index (κ2) is 4.09. The summed E-state index contributed by atoms with van der Waals surface area (Å²) in [6, 6.07) is 10.6. The van der Waals surface area contributed by atoms with Crippen molar-refractivity contribution in [2.24, 2.45) is 0 Å². The lowest BCUT2D eigenvalue weighted by Crippen LogP contribution is -2.27. The average molecular weight is 251 g/mol. The second-order valence-corrected chi connectivity index (χ2v) is 5.61. The van der Waals surface area contributed by atoms with Gasteiger partial charge < -0.3 is 4.90 Å². The highest BCUT2D eigenvalue weighted by Crippen LogP contribution is 2.33. The predicted octanol–water partition coefficient (Wildman–Crippen LogP) is 3.17. The molecule has 0 N–H and O–H groups in total. The standard InChI is InChI=1S/C17H17NO/c19-17(18-10-1-2-11-18)15-9-8-13-7-6-12-4-3-5-14(15)16(12)13/h3-5,8-9H,1-2,6-7,10-11H2. The molecule has 2 aliphatic rings. The van der Waals surface area contributed by atoms with Crippen molar-refractivity contribution < 1.29 is 4.79 Å². The first kappa shape index (κ1) is 11.0. The highest BCUT2D eigenvalue weighted by atomic mass is 16.2. The van der Waals surface area contributed by atoms with E-state index in [1.165, 1.54) is 16.5 Å². The van der Waals surface area contributed by atoms with Crippen molar-refractivity contribution >= 4 is 16.7 Å². The third-order valence-corrected chi connectivity index (χ3v) is 4.50. The number of likely N-dealkylation sites (tertiary alicyclic amines) is 1. The van der Waals surface area contributed by atoms with Gasteiger partial charge in [0.1, 0.15) is 0 Å². The Kier molecular flexibility index (Phi) is 2.37. The smallest absolute Gasteiger partial charge is 0.254 e. The summed E-state index contributed by atoms with van der Waals surface area (Å²) in [4.78, 5) is 14.6. The van der Waals surface area contributed by atoms with E-state index in [9.17, 15) is 4.79 Å². The zero-order valence-corrected chi connectivity index (χ0v) is 11.0. The monoisotopic (exact) mass is 251 g/mol. The van der Waals surface area contributed by atoms with Crippen LogP contribution in [0.5, 0.6) is 0 Å². The third kappa shape index (κ3) is 1.59. The van der Waals surface area contributed by atoms with Gasteiger partial charge in [-0.3, -0.25) is 4.79 Å². The van der Waals surface area contributed by atoms with Gasteiger partial charge in [0, 0.05) is 18.7 Å². The van der Waals surface area contributed by atoms with Gasteiger partial charge >= 0.3 is 0 Å². The van der Waals surface area contributed by atoms with Crippen molar-refractivity contribution in [2.75, 3.05) is 13.1 Å². The Morgan fingerprint density at radius 1 is 0.947 bits per heavy atom. The number of aryl methyl sites for hydroxylation is 2. The molecule has 4 rings (SSSR count). The van der Waals surface area contributed by atoms with E-state index in [0.29, 0.717) is 0 Å². The van der Waals surface area contributed by atoms with Crippen LogP contribution in [0.2, 0.25) is 0 Å². The topological polar surface area (TPSA) is 20.3 Å². The minimum absolute atomic E-state index is 0.216. The van der Waals surface area contributed by atoms with Crippen LogP contribution in [0.4, 0.5) is 0 Å². The number of hydrogen-bond acceptors (Lipinski definition) is 1. The van der Waals surface area contributed by atoms with Gasteiger partial charge in [0.2, 0.25) is 0 Å². The van der Waals surface area contributed by atoms with Crippen LogP contribution >= 0.6 is 0 Å². The zero-order valence-electron chi connectivity index (χ0n) is 11.0. The van der Waals surface area contributed by atoms with E-state index in [-0.39, 0.29) is 5.91 Å². The SMILES string of the molecule is O=C(c1ccc2c3c(cccc13)CC2)N1CCCC1. The van der Waals surface area contributed by atoms with E-state index >= 15 is 0 Å². The summed E-state index contributed by atoms with van der Waals surface area (Å²) in [5.74, 6) is 0.216. The summed E-state index contributed by atoms with van der Waals surface area (Å²) < 4.78 is 0. The molecule has 0 aromatic heterocycles. The minimum Gasteiger partial charge on any atom is -0.339 e. The van der Waals surface area contributed by atoms with Crippen molar-refractivity contribution in [3.05, 3.63) is 47.0 Å². The Balaban J connectivity index is 1.89. The highest BCUT2D eigenvalue weighted by molar-refractivity contribution is 6.09. The van der Waals surface area contributed by atoms with Crippen LogP contribution in [-0.4, -0.2) is 23.9 Å². The number of hydrogen-bond donors (Lipinski definition) is 0. The van der Waals surface area contributed by atoms with E-state index in [0.717, 1.165) is 49.7 Å². The van der Waals surface area contributed by atoms with E-state index < -0.39 is 0 Å². The van der Waals surface area contributed by atoms with E-state index in [1.54, 1.807) is 0 Å². The summed E-state index contributed by atoms with van der Waals surface area (Å²) in [7, 11) is 0. The molecule has 19 heavy (non-hydrogen) atoms. The molecule has 0 unspecified atom stereocenters. The van der Waals surface area contributed by atoms with Crippen LogP contribution in [0.1, 0.15) is 34.3 Å². The lowest BCUT2D eigenvalue weighted by molar-refractivity contribution is 0.0795. The Labute approximate surface area is 113 Å². The van der Waals surface area contributed by atoms with Crippen molar-refractivity contribution in [1.29, 1.82) is 0 Å². The van der Waals surface area contributed by atoms with E-state index in [1.807, 2.05) is 11.0 Å². The number of nitrogens with zero attached hydrogens (tertiary/aromatic N) is 1. The molecule has 1 heterocycles. The molecular weight excluding hydrogens is 234 g/mol. The average Bonchev–Trinajstić information content (AvgIpc) is 3.09. The Hall–Kier alpha value is -1.83. The molecule has 1 aliphatic heterocycles. The molecule has 2 aromatic rings. The van der Waals surface area contributed by atoms with E-state index in [2.05, 4.69) is 24.3 Å². The maximum atomic E-state index is 12.6. The van der Waals surface area contributed by atoms with Gasteiger partial charge in [0.25, 0.3) is 5.91 Å². The van der Waals surface area contributed by atoms with Crippen LogP contribution in [-0.2, 0) is 12.8 Å². The van der Waals surface area contributed by atoms with Gasteiger partial charge in [0.05, 0.1) is 0 Å². The molecule has 2 aromatic carbocycles. The van der Waals surface area contributed by atoms with Crippen molar-refractivity contribution in [3.8, 4) is 0 Å². The van der Waals surface area contributed by atoms with Gasteiger partial charge in [-0.25, -0.2) is 0 Å². The first-order valence-corrected chi connectivity index (χ1v) is 7.17. The summed E-state index contributed by atoms with van der Waals surface area (Å²) in [5.41, 5.74) is 3.71. The molecule has 1 aliphatic carbocycles. The summed E-state index contributed by atoms with van der Waals surface area (Å²) in [5, 5.41) is 2.50. The first-order valence-electron chi connectivity index (χ1n) is 7.17. The number of rotatable bonds is 1. The molecule has 96 valence electrons. The Bertz CT molecular complexity index is 658. The summed E-state index contributed by atoms with van der Waals surface area (Å²) in [6.45, 7) is 1.84. The van der Waals surface area contributed by atoms with Crippen LogP contribution in [0.15, 0.2) is 30.3 Å². The Morgan fingerprint density at radius 3 is 2.47 bits per heavy atom. The first-order chi connectivity index (χ1) is 9.34. The van der Waals surface area contributed by atoms with E-state index in [4.69, 9.17) is 0 Å². The van der Waals surface area contributed by atoms with Gasteiger partial charge in [-0.15, -0.1) is 0 Å². The zero-order chi connectivity index (χ0) is 12.8. The fourth-order valence-corrected chi connectivity index (χ4v) is 3.52. The number of carbonyl (C=O) groups excluding carboxylic acids is 1. The predicted molar refractivity (Wildman–Crippen MR) is 76.5 cm³/mol. The van der Waals surface area contributed by atoms with Gasteiger partial charge in [-0.1, -0.05) is 24.3 Å². The molecular formula is C17H17NO. The maximum Gasteiger partial charge on any atom is 0.254 e. The number of carbonyl (C=O) groups is 1. The normalized spacial score (nSPS) is 17.4.